The first-order chi connectivity index (χ1) is 18.8. The molecule has 40 heavy (non-hydrogen) atoms. The van der Waals surface area contributed by atoms with Gasteiger partial charge < -0.3 is 77.6 Å². The van der Waals surface area contributed by atoms with E-state index in [9.17, 15) is 30.3 Å². The topological polar surface area (TPSA) is 269 Å². The van der Waals surface area contributed by atoms with Crippen LogP contribution in [0.2, 0.25) is 0 Å². The molecule has 3 aliphatic rings. The largest absolute Gasteiger partial charge is 0.389 e. The molecule has 234 valence electrons. The first kappa shape index (κ1) is 33.4. The van der Waals surface area contributed by atoms with E-state index >= 15 is 0 Å². The minimum absolute atomic E-state index is 0.0153. The second kappa shape index (κ2) is 14.4. The molecule has 3 fully saturated rings. The van der Waals surface area contributed by atoms with Gasteiger partial charge in [-0.3, -0.25) is 4.79 Å². The van der Waals surface area contributed by atoms with Crippen LogP contribution in [0.4, 0.5) is 0 Å². The molecule has 1 saturated carbocycles. The average Bonchev–Trinajstić information content (AvgIpc) is 2.90. The summed E-state index contributed by atoms with van der Waals surface area (Å²) < 4.78 is 23.8. The maximum atomic E-state index is 12.7. The number of ether oxygens (including phenoxy) is 4. The SMILES string of the molecule is CNC[C@@H]1CC[C@@H](N)[C@@H](O[C@H]2[C@H](O)[C@@H](O[C@H]3OC[C@](C)(O)[C@H](NC)[C@H]3O)[C@H](NC(=O)C(O)C(O)CN)C[C@@H]2N)O1. The summed E-state index contributed by atoms with van der Waals surface area (Å²) in [5.74, 6) is -0.955. The van der Waals surface area contributed by atoms with Crippen LogP contribution in [0, 0.1) is 0 Å². The van der Waals surface area contributed by atoms with Crippen molar-refractivity contribution in [1.82, 2.24) is 16.0 Å². The molecule has 0 aromatic heterocycles. The molecule has 0 aromatic rings. The van der Waals surface area contributed by atoms with Gasteiger partial charge in [-0.05, 0) is 40.3 Å². The molecule has 0 bridgehead atoms. The monoisotopic (exact) mass is 580 g/mol. The van der Waals surface area contributed by atoms with Crippen molar-refractivity contribution in [1.29, 1.82) is 0 Å². The lowest BCUT2D eigenvalue weighted by molar-refractivity contribution is -0.307. The van der Waals surface area contributed by atoms with E-state index in [0.717, 1.165) is 6.42 Å². The summed E-state index contributed by atoms with van der Waals surface area (Å²) in [5.41, 5.74) is 16.6. The number of amides is 1. The van der Waals surface area contributed by atoms with Crippen molar-refractivity contribution in [2.24, 2.45) is 17.2 Å². The van der Waals surface area contributed by atoms with E-state index in [1.54, 1.807) is 14.1 Å². The van der Waals surface area contributed by atoms with Crippen LogP contribution in [-0.2, 0) is 23.7 Å². The fraction of sp³-hybridized carbons (Fsp3) is 0.958. The van der Waals surface area contributed by atoms with Crippen LogP contribution >= 0.6 is 0 Å². The summed E-state index contributed by atoms with van der Waals surface area (Å²) in [7, 11) is 3.36. The molecule has 14 atom stereocenters. The number of carbonyl (C=O) groups excluding carboxylic acids is 1. The Morgan fingerprint density at radius 3 is 2.38 bits per heavy atom. The van der Waals surface area contributed by atoms with Gasteiger partial charge in [0.15, 0.2) is 18.7 Å². The zero-order valence-corrected chi connectivity index (χ0v) is 23.3. The molecule has 2 unspecified atom stereocenters. The number of aliphatic hydroxyl groups is 5. The quantitative estimate of drug-likeness (QED) is 0.109. The number of hydrogen-bond donors (Lipinski definition) is 11. The molecule has 2 aliphatic heterocycles. The van der Waals surface area contributed by atoms with Crippen LogP contribution in [0.1, 0.15) is 26.2 Å². The number of likely N-dealkylation sites (N-methyl/N-ethyl adjacent to an activating group) is 2. The summed E-state index contributed by atoms with van der Waals surface area (Å²) in [5, 5.41) is 61.4. The molecule has 2 heterocycles. The van der Waals surface area contributed by atoms with Crippen molar-refractivity contribution >= 4 is 5.91 Å². The van der Waals surface area contributed by atoms with Crippen molar-refractivity contribution in [2.45, 2.75) is 111 Å². The van der Waals surface area contributed by atoms with Crippen LogP contribution in [0.25, 0.3) is 0 Å². The molecule has 1 aliphatic carbocycles. The zero-order valence-electron chi connectivity index (χ0n) is 23.3. The van der Waals surface area contributed by atoms with Crippen molar-refractivity contribution in [3.05, 3.63) is 0 Å². The molecule has 1 amide bonds. The van der Waals surface area contributed by atoms with E-state index < -0.39 is 84.9 Å². The minimum atomic E-state index is -1.84. The fourth-order valence-electron chi connectivity index (χ4n) is 5.57. The van der Waals surface area contributed by atoms with E-state index in [-0.39, 0.29) is 25.7 Å². The Bertz CT molecular complexity index is 814. The maximum absolute atomic E-state index is 12.7. The number of nitrogens with one attached hydrogen (secondary N) is 3. The average molecular weight is 581 g/mol. The third kappa shape index (κ3) is 7.64. The van der Waals surface area contributed by atoms with Gasteiger partial charge in [0.1, 0.15) is 36.1 Å². The molecule has 3 rings (SSSR count). The normalized spacial score (nSPS) is 44.1. The van der Waals surface area contributed by atoms with Crippen LogP contribution in [0.15, 0.2) is 0 Å². The van der Waals surface area contributed by atoms with Crippen molar-refractivity contribution < 1.29 is 49.3 Å². The lowest BCUT2D eigenvalue weighted by Crippen LogP contribution is -2.69. The molecular formula is C24H48N6O10. The van der Waals surface area contributed by atoms with E-state index in [1.807, 2.05) is 0 Å². The summed E-state index contributed by atoms with van der Waals surface area (Å²) >= 11 is 0. The van der Waals surface area contributed by atoms with Crippen molar-refractivity contribution in [3.63, 3.8) is 0 Å². The number of hydrogen-bond acceptors (Lipinski definition) is 15. The Morgan fingerprint density at radius 1 is 1.07 bits per heavy atom. The Labute approximate surface area is 233 Å². The van der Waals surface area contributed by atoms with Gasteiger partial charge in [0.2, 0.25) is 0 Å². The fourth-order valence-corrected chi connectivity index (χ4v) is 5.57. The van der Waals surface area contributed by atoms with E-state index in [1.165, 1.54) is 6.92 Å². The lowest BCUT2D eigenvalue weighted by Gasteiger charge is -2.49. The molecule has 0 radical (unpaired) electrons. The summed E-state index contributed by atoms with van der Waals surface area (Å²) in [6, 6.07) is -3.14. The summed E-state index contributed by atoms with van der Waals surface area (Å²) in [6.45, 7) is 1.52. The Kier molecular flexibility index (Phi) is 12.0. The third-order valence-corrected chi connectivity index (χ3v) is 7.87. The molecule has 16 heteroatoms. The molecule has 0 aromatic carbocycles. The first-order valence-electron chi connectivity index (χ1n) is 13.7. The molecule has 16 nitrogen and oxygen atoms in total. The minimum Gasteiger partial charge on any atom is -0.389 e. The van der Waals surface area contributed by atoms with Gasteiger partial charge in [-0.15, -0.1) is 0 Å². The Morgan fingerprint density at radius 2 is 1.75 bits per heavy atom. The second-order valence-corrected chi connectivity index (χ2v) is 11.2. The van der Waals surface area contributed by atoms with E-state index in [4.69, 9.17) is 36.1 Å². The van der Waals surface area contributed by atoms with Gasteiger partial charge in [0, 0.05) is 19.1 Å². The lowest BCUT2D eigenvalue weighted by atomic mass is 9.83. The van der Waals surface area contributed by atoms with Gasteiger partial charge in [-0.1, -0.05) is 0 Å². The van der Waals surface area contributed by atoms with Crippen LogP contribution < -0.4 is 33.2 Å². The highest BCUT2D eigenvalue weighted by atomic mass is 16.7. The highest BCUT2D eigenvalue weighted by molar-refractivity contribution is 5.81. The molecule has 14 N–H and O–H groups in total. The standard InChI is InChI=1S/C24H48N6O10/c1-24(36)9-37-23(17(34)20(24)29-3)40-19-13(30-21(35)15(32)14(31)7-25)6-12(27)18(16(19)33)39-22-11(26)5-4-10(38-22)8-28-2/h10-20,22-23,28-29,31-34,36H,4-9,25-27H2,1-3H3,(H,30,35)/t10-,11+,12-,13+,14?,15?,16-,17+,18+,19-,20+,22+,23+,24-/m0/s1. The number of aliphatic hydroxyl groups excluding tert-OH is 4. The second-order valence-electron chi connectivity index (χ2n) is 11.2. The highest BCUT2D eigenvalue weighted by Crippen LogP contribution is 2.32. The van der Waals surface area contributed by atoms with Gasteiger partial charge in [0.25, 0.3) is 5.91 Å². The predicted octanol–water partition coefficient (Wildman–Crippen LogP) is -5.88. The number of carbonyl (C=O) groups is 1. The Balaban J connectivity index is 1.82. The molecular weight excluding hydrogens is 532 g/mol. The number of nitrogens with two attached hydrogens (primary N) is 3. The van der Waals surface area contributed by atoms with Crippen molar-refractivity contribution in [2.75, 3.05) is 33.8 Å². The Hall–Kier alpha value is -1.09. The predicted molar refractivity (Wildman–Crippen MR) is 140 cm³/mol. The number of rotatable bonds is 11. The van der Waals surface area contributed by atoms with Gasteiger partial charge in [0.05, 0.1) is 30.8 Å². The highest BCUT2D eigenvalue weighted by Gasteiger charge is 2.52. The smallest absolute Gasteiger partial charge is 0.251 e. The summed E-state index contributed by atoms with van der Waals surface area (Å²) in [6.07, 6.45) is -9.48. The van der Waals surface area contributed by atoms with Crippen molar-refractivity contribution in [3.8, 4) is 0 Å². The zero-order chi connectivity index (χ0) is 29.8. The van der Waals surface area contributed by atoms with Gasteiger partial charge in [-0.2, -0.15) is 0 Å². The van der Waals surface area contributed by atoms with Crippen LogP contribution in [-0.4, -0.2) is 150 Å². The first-order valence-corrected chi connectivity index (χ1v) is 13.7. The maximum Gasteiger partial charge on any atom is 0.251 e. The summed E-state index contributed by atoms with van der Waals surface area (Å²) in [4.78, 5) is 12.7. The van der Waals surface area contributed by atoms with E-state index in [2.05, 4.69) is 16.0 Å². The van der Waals surface area contributed by atoms with Crippen LogP contribution in [0.3, 0.4) is 0 Å². The molecule has 0 spiro atoms. The molecule has 2 saturated heterocycles. The van der Waals surface area contributed by atoms with Gasteiger partial charge >= 0.3 is 0 Å². The third-order valence-electron chi connectivity index (χ3n) is 7.87. The van der Waals surface area contributed by atoms with Crippen LogP contribution in [0.5, 0.6) is 0 Å². The van der Waals surface area contributed by atoms with Gasteiger partial charge in [-0.25, -0.2) is 0 Å². The van der Waals surface area contributed by atoms with E-state index in [0.29, 0.717) is 13.0 Å².